The fourth-order valence-electron chi connectivity index (χ4n) is 1.14. The number of hydrogen-bond donors (Lipinski definition) is 3. The summed E-state index contributed by atoms with van der Waals surface area (Å²) in [4.78, 5) is 32.3. The number of hydrogen-bond acceptors (Lipinski definition) is 3. The van der Waals surface area contributed by atoms with Crippen LogP contribution in [0.1, 0.15) is 10.4 Å². The maximum Gasteiger partial charge on any atom is 0.339 e. The van der Waals surface area contributed by atoms with Crippen LogP contribution in [0, 0.1) is 0 Å². The van der Waals surface area contributed by atoms with Gasteiger partial charge in [-0.05, 0) is 6.07 Å². The molecule has 6 nitrogen and oxygen atoms in total. The first-order valence-electron chi connectivity index (χ1n) is 4.03. The second kappa shape index (κ2) is 4.72. The van der Waals surface area contributed by atoms with E-state index >= 15 is 0 Å². The highest BCUT2D eigenvalue weighted by Gasteiger charge is 2.31. The fraction of sp³-hybridized carbons (Fsp3) is 0. The van der Waals surface area contributed by atoms with Gasteiger partial charge in [-0.25, -0.2) is 14.4 Å². The van der Waals surface area contributed by atoms with E-state index in [9.17, 15) is 14.4 Å². The van der Waals surface area contributed by atoms with Crippen LogP contribution >= 0.6 is 7.92 Å². The number of carboxylic acid groups (broad SMARTS) is 3. The molecule has 0 amide bonds. The third-order valence-corrected chi connectivity index (χ3v) is 3.39. The fourth-order valence-corrected chi connectivity index (χ4v) is 2.36. The smallest absolute Gasteiger partial charge is 0.339 e. The topological polar surface area (TPSA) is 112 Å². The molecule has 0 aliphatic carbocycles. The Balaban J connectivity index is 3.35. The summed E-state index contributed by atoms with van der Waals surface area (Å²) in [6, 6.07) is 5.20. The lowest BCUT2D eigenvalue weighted by molar-refractivity contribution is 0.0698. The van der Waals surface area contributed by atoms with Gasteiger partial charge in [0.05, 0.1) is 5.56 Å². The van der Waals surface area contributed by atoms with Crippen LogP contribution in [-0.2, 0) is 0 Å². The molecule has 0 aliphatic rings. The summed E-state index contributed by atoms with van der Waals surface area (Å²) in [5.74, 6) is -1.34. The molecule has 3 N–H and O–H groups in total. The van der Waals surface area contributed by atoms with Crippen molar-refractivity contribution in [2.45, 2.75) is 0 Å². The Hall–Kier alpha value is -1.94. The van der Waals surface area contributed by atoms with E-state index in [1.165, 1.54) is 24.3 Å². The highest BCUT2D eigenvalue weighted by molar-refractivity contribution is 7.94. The zero-order chi connectivity index (χ0) is 12.3. The average molecular weight is 242 g/mol. The Bertz CT molecular complexity index is 441. The van der Waals surface area contributed by atoms with E-state index in [4.69, 9.17) is 15.3 Å². The van der Waals surface area contributed by atoms with Crippen LogP contribution in [-0.4, -0.2) is 32.7 Å². The highest BCUT2D eigenvalue weighted by Crippen LogP contribution is 2.37. The number of aromatic carboxylic acids is 1. The van der Waals surface area contributed by atoms with Crippen LogP contribution in [0.3, 0.4) is 0 Å². The second-order valence-corrected chi connectivity index (χ2v) is 4.64. The molecule has 0 fully saturated rings. The number of carboxylic acids is 1. The van der Waals surface area contributed by atoms with E-state index in [1.807, 2.05) is 0 Å². The van der Waals surface area contributed by atoms with Gasteiger partial charge in [-0.15, -0.1) is 0 Å². The molecular formula is C9H7O6P. The van der Waals surface area contributed by atoms with Crippen molar-refractivity contribution < 1.29 is 29.7 Å². The Morgan fingerprint density at radius 2 is 1.44 bits per heavy atom. The van der Waals surface area contributed by atoms with Gasteiger partial charge in [0.15, 0.2) is 7.92 Å². The summed E-state index contributed by atoms with van der Waals surface area (Å²) in [5, 5.41) is 26.1. The molecule has 0 aromatic heterocycles. The third kappa shape index (κ3) is 2.35. The lowest BCUT2D eigenvalue weighted by atomic mass is 10.2. The van der Waals surface area contributed by atoms with Crippen molar-refractivity contribution in [2.75, 3.05) is 0 Å². The Morgan fingerprint density at radius 1 is 0.938 bits per heavy atom. The molecule has 0 heterocycles. The first-order valence-corrected chi connectivity index (χ1v) is 5.37. The zero-order valence-electron chi connectivity index (χ0n) is 7.82. The Labute approximate surface area is 90.9 Å². The molecule has 0 saturated carbocycles. The summed E-state index contributed by atoms with van der Waals surface area (Å²) < 4.78 is 0. The lowest BCUT2D eigenvalue weighted by Gasteiger charge is -2.09. The first kappa shape index (κ1) is 12.1. The van der Waals surface area contributed by atoms with E-state index in [-0.39, 0.29) is 10.9 Å². The summed E-state index contributed by atoms with van der Waals surface area (Å²) in [7, 11) is -2.57. The minimum absolute atomic E-state index is 0.176. The average Bonchev–Trinajstić information content (AvgIpc) is 2.17. The van der Waals surface area contributed by atoms with Crippen molar-refractivity contribution in [3.63, 3.8) is 0 Å². The van der Waals surface area contributed by atoms with Gasteiger partial charge < -0.3 is 15.3 Å². The van der Waals surface area contributed by atoms with Crippen LogP contribution < -0.4 is 5.30 Å². The van der Waals surface area contributed by atoms with Crippen molar-refractivity contribution in [3.05, 3.63) is 29.8 Å². The van der Waals surface area contributed by atoms with Crippen molar-refractivity contribution in [1.29, 1.82) is 0 Å². The normalized spacial score (nSPS) is 10.1. The molecule has 0 bridgehead atoms. The molecule has 7 heteroatoms. The lowest BCUT2D eigenvalue weighted by Crippen LogP contribution is -2.19. The molecule has 0 atom stereocenters. The van der Waals surface area contributed by atoms with Crippen LogP contribution in [0.2, 0.25) is 0 Å². The molecule has 1 aromatic carbocycles. The van der Waals surface area contributed by atoms with Gasteiger partial charge >= 0.3 is 17.4 Å². The predicted molar refractivity (Wildman–Crippen MR) is 56.0 cm³/mol. The molecule has 0 spiro atoms. The molecule has 16 heavy (non-hydrogen) atoms. The quantitative estimate of drug-likeness (QED) is 0.694. The highest BCUT2D eigenvalue weighted by atomic mass is 31.1. The zero-order valence-corrected chi connectivity index (χ0v) is 8.72. The number of benzene rings is 1. The van der Waals surface area contributed by atoms with Crippen LogP contribution in [0.25, 0.3) is 0 Å². The molecule has 0 radical (unpaired) electrons. The minimum Gasteiger partial charge on any atom is -0.478 e. The van der Waals surface area contributed by atoms with E-state index < -0.39 is 25.3 Å². The predicted octanol–water partition coefficient (Wildman–Crippen LogP) is 1.85. The van der Waals surface area contributed by atoms with Gasteiger partial charge in [-0.1, -0.05) is 18.2 Å². The van der Waals surface area contributed by atoms with Gasteiger partial charge in [-0.2, -0.15) is 0 Å². The minimum atomic E-state index is -2.57. The second-order valence-electron chi connectivity index (χ2n) is 2.72. The maximum atomic E-state index is 10.8. The standard InChI is InChI=1S/C9H7O6P/c10-7(11)5-3-1-2-4-6(5)16(8(12)13)9(14)15/h1-4H,(H,10,11)(H,12,13)(H,14,15). The van der Waals surface area contributed by atoms with E-state index in [0.717, 1.165) is 0 Å². The molecule has 0 aliphatic heterocycles. The monoisotopic (exact) mass is 242 g/mol. The SMILES string of the molecule is O=C(O)c1ccccc1P(C(=O)O)C(=O)O. The van der Waals surface area contributed by atoms with E-state index in [0.29, 0.717) is 0 Å². The van der Waals surface area contributed by atoms with Gasteiger partial charge in [0.1, 0.15) is 0 Å². The van der Waals surface area contributed by atoms with Gasteiger partial charge in [-0.3, -0.25) is 0 Å². The van der Waals surface area contributed by atoms with E-state index in [2.05, 4.69) is 0 Å². The number of rotatable bonds is 4. The van der Waals surface area contributed by atoms with Gasteiger partial charge in [0.25, 0.3) is 0 Å². The summed E-state index contributed by atoms with van der Waals surface area (Å²) in [5.41, 5.74) is -3.36. The molecule has 0 unspecified atom stereocenters. The van der Waals surface area contributed by atoms with Gasteiger partial charge in [0.2, 0.25) is 0 Å². The number of carbonyl (C=O) groups is 3. The first-order chi connectivity index (χ1) is 7.45. The largest absolute Gasteiger partial charge is 0.478 e. The third-order valence-electron chi connectivity index (χ3n) is 1.76. The summed E-state index contributed by atoms with van der Waals surface area (Å²) in [6.07, 6.45) is 0. The van der Waals surface area contributed by atoms with Crippen molar-refractivity contribution in [2.24, 2.45) is 0 Å². The van der Waals surface area contributed by atoms with E-state index in [1.54, 1.807) is 0 Å². The summed E-state index contributed by atoms with van der Waals surface area (Å²) in [6.45, 7) is 0. The van der Waals surface area contributed by atoms with Crippen molar-refractivity contribution in [3.8, 4) is 0 Å². The Morgan fingerprint density at radius 3 is 1.88 bits per heavy atom. The summed E-state index contributed by atoms with van der Waals surface area (Å²) >= 11 is 0. The molecule has 84 valence electrons. The van der Waals surface area contributed by atoms with Gasteiger partial charge in [0, 0.05) is 5.30 Å². The molecule has 0 saturated heterocycles. The van der Waals surface area contributed by atoms with Crippen molar-refractivity contribution in [1.82, 2.24) is 0 Å². The van der Waals surface area contributed by atoms with Crippen LogP contribution in [0.4, 0.5) is 9.59 Å². The van der Waals surface area contributed by atoms with Crippen molar-refractivity contribution >= 4 is 30.6 Å². The van der Waals surface area contributed by atoms with Crippen LogP contribution in [0.5, 0.6) is 0 Å². The maximum absolute atomic E-state index is 10.8. The molecule has 1 rings (SSSR count). The molecule has 1 aromatic rings. The molecular weight excluding hydrogens is 235 g/mol. The Kier molecular flexibility index (Phi) is 3.58. The van der Waals surface area contributed by atoms with Crippen LogP contribution in [0.15, 0.2) is 24.3 Å².